The molecular formula is C15H14N2O4. The van der Waals surface area contributed by atoms with Crippen LogP contribution in [0.25, 0.3) is 0 Å². The number of ether oxygens (including phenoxy) is 1. The van der Waals surface area contributed by atoms with Crippen molar-refractivity contribution in [3.8, 4) is 5.75 Å². The SMILES string of the molecule is NC(=O)c1ccccc1COc1cccc(N)c1C(=O)O. The zero-order valence-electron chi connectivity index (χ0n) is 11.1. The number of carboxylic acid groups (broad SMARTS) is 1. The maximum Gasteiger partial charge on any atom is 0.341 e. The standard InChI is InChI=1S/C15H14N2O4/c16-11-6-3-7-12(13(11)15(19)20)21-8-9-4-1-2-5-10(9)14(17)18/h1-7H,8,16H2,(H2,17,18)(H,19,20). The molecule has 0 aromatic heterocycles. The Kier molecular flexibility index (Phi) is 4.08. The maximum absolute atomic E-state index is 11.3. The van der Waals surface area contributed by atoms with Gasteiger partial charge in [0.1, 0.15) is 17.9 Å². The van der Waals surface area contributed by atoms with Crippen molar-refractivity contribution in [2.24, 2.45) is 5.73 Å². The number of hydrogen-bond donors (Lipinski definition) is 3. The lowest BCUT2D eigenvalue weighted by Gasteiger charge is -2.12. The minimum atomic E-state index is -1.17. The van der Waals surface area contributed by atoms with Crippen LogP contribution >= 0.6 is 0 Å². The van der Waals surface area contributed by atoms with Gasteiger partial charge in [0.2, 0.25) is 5.91 Å². The second kappa shape index (κ2) is 5.96. The third kappa shape index (κ3) is 3.11. The smallest absolute Gasteiger partial charge is 0.341 e. The molecule has 2 rings (SSSR count). The summed E-state index contributed by atoms with van der Waals surface area (Å²) in [5, 5.41) is 9.15. The number of nitrogen functional groups attached to an aromatic ring is 1. The molecule has 0 spiro atoms. The second-order valence-electron chi connectivity index (χ2n) is 4.34. The van der Waals surface area contributed by atoms with E-state index in [1.165, 1.54) is 12.1 Å². The van der Waals surface area contributed by atoms with Crippen LogP contribution in [-0.2, 0) is 6.61 Å². The maximum atomic E-state index is 11.3. The number of aromatic carboxylic acids is 1. The number of carbonyl (C=O) groups excluding carboxylic acids is 1. The van der Waals surface area contributed by atoms with E-state index in [9.17, 15) is 9.59 Å². The van der Waals surface area contributed by atoms with Gasteiger partial charge in [0, 0.05) is 16.8 Å². The number of nitrogens with two attached hydrogens (primary N) is 2. The van der Waals surface area contributed by atoms with Crippen LogP contribution in [0.15, 0.2) is 42.5 Å². The highest BCUT2D eigenvalue weighted by Gasteiger charge is 2.16. The van der Waals surface area contributed by atoms with Gasteiger partial charge in [0.25, 0.3) is 0 Å². The van der Waals surface area contributed by atoms with Crippen molar-refractivity contribution in [2.45, 2.75) is 6.61 Å². The summed E-state index contributed by atoms with van der Waals surface area (Å²) in [5.74, 6) is -1.60. The first-order chi connectivity index (χ1) is 10.0. The Hall–Kier alpha value is -3.02. The average molecular weight is 286 g/mol. The van der Waals surface area contributed by atoms with E-state index in [2.05, 4.69) is 0 Å². The molecule has 0 aliphatic carbocycles. The van der Waals surface area contributed by atoms with Crippen molar-refractivity contribution < 1.29 is 19.4 Å². The van der Waals surface area contributed by atoms with Crippen LogP contribution in [-0.4, -0.2) is 17.0 Å². The Balaban J connectivity index is 2.28. The van der Waals surface area contributed by atoms with Crippen LogP contribution in [0.4, 0.5) is 5.69 Å². The quantitative estimate of drug-likeness (QED) is 0.723. The fourth-order valence-electron chi connectivity index (χ4n) is 1.94. The largest absolute Gasteiger partial charge is 0.488 e. The van der Waals surface area contributed by atoms with Gasteiger partial charge in [-0.15, -0.1) is 0 Å². The Morgan fingerprint density at radius 3 is 2.48 bits per heavy atom. The van der Waals surface area contributed by atoms with Crippen LogP contribution in [0.3, 0.4) is 0 Å². The molecule has 2 aromatic carbocycles. The molecule has 0 saturated heterocycles. The van der Waals surface area contributed by atoms with E-state index in [-0.39, 0.29) is 23.6 Å². The summed E-state index contributed by atoms with van der Waals surface area (Å²) in [6, 6.07) is 11.3. The van der Waals surface area contributed by atoms with E-state index >= 15 is 0 Å². The molecule has 21 heavy (non-hydrogen) atoms. The van der Waals surface area contributed by atoms with Gasteiger partial charge in [0.15, 0.2) is 0 Å². The molecule has 2 aromatic rings. The zero-order valence-corrected chi connectivity index (χ0v) is 11.1. The van der Waals surface area contributed by atoms with Gasteiger partial charge in [-0.2, -0.15) is 0 Å². The summed E-state index contributed by atoms with van der Waals surface area (Å²) < 4.78 is 5.49. The highest BCUT2D eigenvalue weighted by molar-refractivity contribution is 5.97. The van der Waals surface area contributed by atoms with Gasteiger partial charge in [0.05, 0.1) is 0 Å². The lowest BCUT2D eigenvalue weighted by atomic mass is 10.1. The third-order valence-corrected chi connectivity index (χ3v) is 2.94. The van der Waals surface area contributed by atoms with Crippen molar-refractivity contribution in [1.29, 1.82) is 0 Å². The van der Waals surface area contributed by atoms with Gasteiger partial charge in [-0.1, -0.05) is 24.3 Å². The number of rotatable bonds is 5. The summed E-state index contributed by atoms with van der Waals surface area (Å²) in [4.78, 5) is 22.5. The topological polar surface area (TPSA) is 116 Å². The minimum Gasteiger partial charge on any atom is -0.488 e. The molecule has 0 radical (unpaired) electrons. The molecule has 0 unspecified atom stereocenters. The number of anilines is 1. The Bertz CT molecular complexity index is 698. The molecule has 0 atom stereocenters. The molecule has 0 heterocycles. The predicted molar refractivity (Wildman–Crippen MR) is 77.1 cm³/mol. The number of benzene rings is 2. The van der Waals surface area contributed by atoms with Crippen molar-refractivity contribution in [3.63, 3.8) is 0 Å². The molecule has 1 amide bonds. The summed E-state index contributed by atoms with van der Waals surface area (Å²) in [5.41, 5.74) is 11.8. The average Bonchev–Trinajstić information content (AvgIpc) is 2.44. The number of hydrogen-bond acceptors (Lipinski definition) is 4. The Morgan fingerprint density at radius 1 is 1.10 bits per heavy atom. The van der Waals surface area contributed by atoms with E-state index in [1.807, 2.05) is 0 Å². The van der Waals surface area contributed by atoms with Gasteiger partial charge in [-0.25, -0.2) is 4.79 Å². The molecule has 5 N–H and O–H groups in total. The number of carboxylic acids is 1. The van der Waals surface area contributed by atoms with Crippen molar-refractivity contribution in [2.75, 3.05) is 5.73 Å². The lowest BCUT2D eigenvalue weighted by molar-refractivity contribution is 0.0692. The molecule has 0 bridgehead atoms. The van der Waals surface area contributed by atoms with E-state index < -0.39 is 11.9 Å². The van der Waals surface area contributed by atoms with Crippen molar-refractivity contribution in [3.05, 3.63) is 59.2 Å². The molecule has 6 heteroatoms. The summed E-state index contributed by atoms with van der Waals surface area (Å²) >= 11 is 0. The second-order valence-corrected chi connectivity index (χ2v) is 4.34. The van der Waals surface area contributed by atoms with Crippen molar-refractivity contribution >= 4 is 17.6 Å². The fourth-order valence-corrected chi connectivity index (χ4v) is 1.94. The highest BCUT2D eigenvalue weighted by Crippen LogP contribution is 2.25. The van der Waals surface area contributed by atoms with E-state index in [0.717, 1.165) is 0 Å². The Morgan fingerprint density at radius 2 is 1.81 bits per heavy atom. The van der Waals surface area contributed by atoms with Crippen LogP contribution in [0.1, 0.15) is 26.3 Å². The van der Waals surface area contributed by atoms with E-state index in [0.29, 0.717) is 11.1 Å². The first-order valence-corrected chi connectivity index (χ1v) is 6.13. The summed E-state index contributed by atoms with van der Waals surface area (Å²) in [6.45, 7) is 0.0167. The van der Waals surface area contributed by atoms with E-state index in [4.69, 9.17) is 21.3 Å². The normalized spacial score (nSPS) is 10.1. The van der Waals surface area contributed by atoms with E-state index in [1.54, 1.807) is 30.3 Å². The van der Waals surface area contributed by atoms with Crippen LogP contribution in [0.2, 0.25) is 0 Å². The van der Waals surface area contributed by atoms with Gasteiger partial charge in [-0.05, 0) is 18.2 Å². The van der Waals surface area contributed by atoms with Gasteiger partial charge in [-0.3, -0.25) is 4.79 Å². The predicted octanol–water partition coefficient (Wildman–Crippen LogP) is 1.64. The van der Waals surface area contributed by atoms with Crippen molar-refractivity contribution in [1.82, 2.24) is 0 Å². The number of primary amides is 1. The lowest BCUT2D eigenvalue weighted by Crippen LogP contribution is -2.15. The zero-order chi connectivity index (χ0) is 15.4. The molecule has 0 aliphatic rings. The number of amides is 1. The summed E-state index contributed by atoms with van der Waals surface area (Å²) in [6.07, 6.45) is 0. The van der Waals surface area contributed by atoms with Crippen LogP contribution in [0, 0.1) is 0 Å². The number of carbonyl (C=O) groups is 2. The third-order valence-electron chi connectivity index (χ3n) is 2.94. The van der Waals surface area contributed by atoms with Crippen LogP contribution < -0.4 is 16.2 Å². The molecule has 0 fully saturated rings. The van der Waals surface area contributed by atoms with Crippen LogP contribution in [0.5, 0.6) is 5.75 Å². The highest BCUT2D eigenvalue weighted by atomic mass is 16.5. The molecular weight excluding hydrogens is 272 g/mol. The molecule has 6 nitrogen and oxygen atoms in total. The molecule has 108 valence electrons. The first-order valence-electron chi connectivity index (χ1n) is 6.13. The Labute approximate surface area is 120 Å². The monoisotopic (exact) mass is 286 g/mol. The van der Waals surface area contributed by atoms with Gasteiger partial charge >= 0.3 is 5.97 Å². The molecule has 0 aliphatic heterocycles. The minimum absolute atomic E-state index is 0.0167. The fraction of sp³-hybridized carbons (Fsp3) is 0.0667. The van der Waals surface area contributed by atoms with Gasteiger partial charge < -0.3 is 21.3 Å². The summed E-state index contributed by atoms with van der Waals surface area (Å²) in [7, 11) is 0. The molecule has 0 saturated carbocycles. The first kappa shape index (κ1) is 14.4.